The highest BCUT2D eigenvalue weighted by Gasteiger charge is 2.45. The van der Waals surface area contributed by atoms with Gasteiger partial charge in [-0.2, -0.15) is 0 Å². The van der Waals surface area contributed by atoms with Crippen molar-refractivity contribution in [3.63, 3.8) is 0 Å². The van der Waals surface area contributed by atoms with Crippen molar-refractivity contribution < 1.29 is 13.9 Å². The third kappa shape index (κ3) is 3.09. The smallest absolute Gasteiger partial charge is 0.275 e. The van der Waals surface area contributed by atoms with E-state index >= 15 is 0 Å². The number of hydrogen-bond acceptors (Lipinski definition) is 5. The lowest BCUT2D eigenvalue weighted by Crippen LogP contribution is -2.60. The van der Waals surface area contributed by atoms with Crippen LogP contribution in [0.15, 0.2) is 41.3 Å². The van der Waals surface area contributed by atoms with Gasteiger partial charge in [-0.25, -0.2) is 4.98 Å². The maximum absolute atomic E-state index is 12.8. The van der Waals surface area contributed by atoms with Crippen molar-refractivity contribution in [2.75, 3.05) is 26.7 Å². The second-order valence-electron chi connectivity index (χ2n) is 8.43. The van der Waals surface area contributed by atoms with E-state index in [0.717, 1.165) is 25.4 Å². The number of nitrogens with zero attached hydrogens (tertiary/aromatic N) is 3. The van der Waals surface area contributed by atoms with Gasteiger partial charge in [-0.1, -0.05) is 12.1 Å². The van der Waals surface area contributed by atoms with Crippen LogP contribution in [-0.4, -0.2) is 53.5 Å². The third-order valence-corrected chi connectivity index (χ3v) is 6.83. The largest absolute Gasteiger partial charge is 0.497 e. The molecular weight excluding hydrogens is 354 g/mol. The summed E-state index contributed by atoms with van der Waals surface area (Å²) in [6.07, 6.45) is 7.72. The van der Waals surface area contributed by atoms with Crippen LogP contribution in [0.25, 0.3) is 0 Å². The molecule has 5 rings (SSSR count). The van der Waals surface area contributed by atoms with Gasteiger partial charge in [0.25, 0.3) is 5.91 Å². The van der Waals surface area contributed by atoms with Gasteiger partial charge in [0.05, 0.1) is 7.11 Å². The molecule has 0 N–H and O–H groups in total. The van der Waals surface area contributed by atoms with Crippen LogP contribution in [0.3, 0.4) is 0 Å². The molecule has 0 spiro atoms. The Hall–Kier alpha value is -2.34. The van der Waals surface area contributed by atoms with Crippen LogP contribution in [0.5, 0.6) is 5.75 Å². The van der Waals surface area contributed by atoms with Crippen molar-refractivity contribution in [2.45, 2.75) is 37.8 Å². The van der Waals surface area contributed by atoms with E-state index in [-0.39, 0.29) is 5.91 Å². The molecular formula is C22H27N3O3. The highest BCUT2D eigenvalue weighted by atomic mass is 16.5. The second kappa shape index (κ2) is 7.24. The number of hydrogen-bond donors (Lipinski definition) is 0. The van der Waals surface area contributed by atoms with Crippen molar-refractivity contribution in [1.82, 2.24) is 14.8 Å². The van der Waals surface area contributed by atoms with Gasteiger partial charge in [0, 0.05) is 31.7 Å². The Balaban J connectivity index is 1.35. The number of ether oxygens (including phenoxy) is 1. The highest BCUT2D eigenvalue weighted by Crippen LogP contribution is 2.44. The first-order valence-corrected chi connectivity index (χ1v) is 10.3. The fraction of sp³-hybridized carbons (Fsp3) is 0.545. The Morgan fingerprint density at radius 1 is 1.18 bits per heavy atom. The standard InChI is InChI=1S/C22H27N3O3/c1-27-18-7-5-16(6-8-18)20-3-2-4-21-17-9-15(11-25(20)21)10-24(12-17)22(26)19-13-28-14-23-19/h5-8,13-15,17,20-21H,2-4,9-12H2,1H3/t15-,17+,20+,21-/m0/s1. The quantitative estimate of drug-likeness (QED) is 0.816. The van der Waals surface area contributed by atoms with Gasteiger partial charge in [0.2, 0.25) is 0 Å². The maximum atomic E-state index is 12.8. The van der Waals surface area contributed by atoms with E-state index in [0.29, 0.717) is 29.6 Å². The molecule has 0 aliphatic carbocycles. The third-order valence-electron chi connectivity index (χ3n) is 6.83. The van der Waals surface area contributed by atoms with Gasteiger partial charge in [-0.15, -0.1) is 0 Å². The Morgan fingerprint density at radius 3 is 2.79 bits per heavy atom. The van der Waals surface area contributed by atoms with E-state index in [1.807, 2.05) is 4.90 Å². The molecule has 6 heteroatoms. The Bertz CT molecular complexity index is 820. The minimum atomic E-state index is 0.0133. The Morgan fingerprint density at radius 2 is 2.04 bits per heavy atom. The van der Waals surface area contributed by atoms with E-state index in [9.17, 15) is 4.79 Å². The zero-order valence-corrected chi connectivity index (χ0v) is 16.3. The number of methoxy groups -OCH3 is 1. The van der Waals surface area contributed by atoms with E-state index in [1.54, 1.807) is 7.11 Å². The van der Waals surface area contributed by atoms with Crippen LogP contribution in [0, 0.1) is 11.8 Å². The number of piperidine rings is 3. The molecule has 3 fully saturated rings. The molecule has 1 aromatic carbocycles. The summed E-state index contributed by atoms with van der Waals surface area (Å²) in [5.41, 5.74) is 1.82. The predicted molar refractivity (Wildman–Crippen MR) is 104 cm³/mol. The van der Waals surface area contributed by atoms with Gasteiger partial charge in [-0.3, -0.25) is 9.69 Å². The Kier molecular flexibility index (Phi) is 4.59. The van der Waals surface area contributed by atoms with Gasteiger partial charge < -0.3 is 14.1 Å². The topological polar surface area (TPSA) is 58.8 Å². The molecule has 4 atom stereocenters. The van der Waals surface area contributed by atoms with Gasteiger partial charge >= 0.3 is 0 Å². The fourth-order valence-corrected chi connectivity index (χ4v) is 5.64. The molecule has 28 heavy (non-hydrogen) atoms. The zero-order valence-electron chi connectivity index (χ0n) is 16.3. The van der Waals surface area contributed by atoms with Crippen molar-refractivity contribution >= 4 is 5.91 Å². The number of carbonyl (C=O) groups excluding carboxylic acids is 1. The zero-order chi connectivity index (χ0) is 19.1. The molecule has 0 saturated carbocycles. The van der Waals surface area contributed by atoms with Crippen LogP contribution < -0.4 is 4.74 Å². The summed E-state index contributed by atoms with van der Waals surface area (Å²) in [5.74, 6) is 2.00. The molecule has 3 saturated heterocycles. The molecule has 0 unspecified atom stereocenters. The van der Waals surface area contributed by atoms with Crippen molar-refractivity contribution in [2.24, 2.45) is 11.8 Å². The van der Waals surface area contributed by atoms with E-state index in [4.69, 9.17) is 9.15 Å². The van der Waals surface area contributed by atoms with Crippen LogP contribution in [0.2, 0.25) is 0 Å². The summed E-state index contributed by atoms with van der Waals surface area (Å²) in [6, 6.07) is 9.62. The number of rotatable bonds is 3. The molecule has 3 aliphatic rings. The number of carbonyl (C=O) groups is 1. The molecule has 0 radical (unpaired) electrons. The van der Waals surface area contributed by atoms with Crippen LogP contribution >= 0.6 is 0 Å². The molecule has 2 aromatic rings. The summed E-state index contributed by atoms with van der Waals surface area (Å²) in [5, 5.41) is 0. The normalized spacial score (nSPS) is 30.0. The first kappa shape index (κ1) is 17.7. The summed E-state index contributed by atoms with van der Waals surface area (Å²) >= 11 is 0. The van der Waals surface area contributed by atoms with Gasteiger partial charge in [0.15, 0.2) is 12.1 Å². The summed E-state index contributed by atoms with van der Waals surface area (Å²) in [7, 11) is 1.71. The van der Waals surface area contributed by atoms with E-state index < -0.39 is 0 Å². The molecule has 148 valence electrons. The first-order chi connectivity index (χ1) is 13.7. The number of benzene rings is 1. The lowest BCUT2D eigenvalue weighted by Gasteiger charge is -2.55. The SMILES string of the molecule is COc1ccc([C@H]2CCC[C@H]3[C@@H]4C[C@@H](CN(C(=O)c5cocn5)C4)CN23)cc1. The lowest BCUT2D eigenvalue weighted by molar-refractivity contribution is -0.0512. The highest BCUT2D eigenvalue weighted by molar-refractivity contribution is 5.92. The summed E-state index contributed by atoms with van der Waals surface area (Å²) in [4.78, 5) is 21.6. The number of fused-ring (bicyclic) bond motifs is 4. The van der Waals surface area contributed by atoms with Gasteiger partial charge in [-0.05, 0) is 55.2 Å². The van der Waals surface area contributed by atoms with E-state index in [1.165, 1.54) is 43.9 Å². The maximum Gasteiger partial charge on any atom is 0.275 e. The number of likely N-dealkylation sites (tertiary alicyclic amines) is 1. The van der Waals surface area contributed by atoms with Crippen LogP contribution in [0.1, 0.15) is 47.8 Å². The fourth-order valence-electron chi connectivity index (χ4n) is 5.64. The molecule has 3 aliphatic heterocycles. The molecule has 2 bridgehead atoms. The predicted octanol–water partition coefficient (Wildman–Crippen LogP) is 3.37. The molecule has 4 heterocycles. The Labute approximate surface area is 165 Å². The van der Waals surface area contributed by atoms with Crippen LogP contribution in [0.4, 0.5) is 0 Å². The van der Waals surface area contributed by atoms with Crippen LogP contribution in [-0.2, 0) is 0 Å². The van der Waals surface area contributed by atoms with Crippen molar-refractivity contribution in [3.05, 3.63) is 48.2 Å². The average molecular weight is 381 g/mol. The van der Waals surface area contributed by atoms with Crippen molar-refractivity contribution in [1.29, 1.82) is 0 Å². The number of oxazole rings is 1. The molecule has 1 amide bonds. The lowest BCUT2D eigenvalue weighted by atomic mass is 9.74. The van der Waals surface area contributed by atoms with E-state index in [2.05, 4.69) is 34.1 Å². The van der Waals surface area contributed by atoms with Crippen molar-refractivity contribution in [3.8, 4) is 5.75 Å². The second-order valence-corrected chi connectivity index (χ2v) is 8.43. The summed E-state index contributed by atoms with van der Waals surface area (Å²) < 4.78 is 10.3. The minimum absolute atomic E-state index is 0.0133. The number of aromatic nitrogens is 1. The molecule has 6 nitrogen and oxygen atoms in total. The monoisotopic (exact) mass is 381 g/mol. The average Bonchev–Trinajstić information content (AvgIpc) is 3.28. The first-order valence-electron chi connectivity index (χ1n) is 10.3. The number of amides is 1. The summed E-state index contributed by atoms with van der Waals surface area (Å²) in [6.45, 7) is 2.72. The molecule has 1 aromatic heterocycles. The van der Waals surface area contributed by atoms with Gasteiger partial charge in [0.1, 0.15) is 12.0 Å². The minimum Gasteiger partial charge on any atom is -0.497 e.